The fraction of sp³-hybridized carbons (Fsp3) is 0.452. The van der Waals surface area contributed by atoms with Gasteiger partial charge in [-0.05, 0) is 116 Å². The van der Waals surface area contributed by atoms with E-state index in [-0.39, 0.29) is 62.3 Å². The molecule has 0 spiro atoms. The number of fused-ring (bicyclic) bond motifs is 2. The van der Waals surface area contributed by atoms with Gasteiger partial charge in [-0.15, -0.1) is 0 Å². The van der Waals surface area contributed by atoms with Crippen molar-refractivity contribution in [1.29, 1.82) is 0 Å². The van der Waals surface area contributed by atoms with Crippen LogP contribution in [0, 0.1) is 22.9 Å². The second kappa shape index (κ2) is 23.4. The molecule has 2 aliphatic carbocycles. The highest BCUT2D eigenvalue weighted by molar-refractivity contribution is 7.90. The number of rotatable bonds is 19. The van der Waals surface area contributed by atoms with Crippen molar-refractivity contribution in [2.75, 3.05) is 70.2 Å². The monoisotopic (exact) mass is 1110 g/mol. The summed E-state index contributed by atoms with van der Waals surface area (Å²) in [7, 11) is -1.44. The number of piperazine rings is 1. The van der Waals surface area contributed by atoms with Gasteiger partial charge in [-0.2, -0.15) is 4.98 Å². The van der Waals surface area contributed by atoms with Gasteiger partial charge < -0.3 is 44.7 Å². The van der Waals surface area contributed by atoms with Crippen LogP contribution in [0.5, 0.6) is 23.1 Å². The minimum atomic E-state index is -4.63. The zero-order valence-electron chi connectivity index (χ0n) is 46.9. The van der Waals surface area contributed by atoms with Crippen LogP contribution >= 0.6 is 0 Å². The summed E-state index contributed by atoms with van der Waals surface area (Å²) in [5.41, 5.74) is 7.43. The molecule has 0 radical (unpaired) electrons. The molecule has 3 aromatic heterocycles. The van der Waals surface area contributed by atoms with E-state index in [1.54, 1.807) is 38.4 Å². The van der Waals surface area contributed by atoms with E-state index in [0.717, 1.165) is 76.1 Å². The van der Waals surface area contributed by atoms with Gasteiger partial charge >= 0.3 is 0 Å². The number of nitrogens with one attached hydrogen (secondary N) is 5. The minimum Gasteiger partial charge on any atom is -0.629 e. The summed E-state index contributed by atoms with van der Waals surface area (Å²) in [6.07, 6.45) is 11.5. The second-order valence-electron chi connectivity index (χ2n) is 22.9. The van der Waals surface area contributed by atoms with E-state index in [1.807, 2.05) is 6.07 Å². The van der Waals surface area contributed by atoms with Crippen molar-refractivity contribution >= 4 is 54.9 Å². The Morgan fingerprint density at radius 1 is 0.887 bits per heavy atom. The normalized spacial score (nSPS) is 20.1. The number of carbonyl (C=O) groups excluding carboxylic acids is 1. The molecule has 0 bridgehead atoms. The van der Waals surface area contributed by atoms with E-state index in [1.165, 1.54) is 60.5 Å². The molecule has 4 fully saturated rings. The topological polar surface area (TPSA) is 185 Å². The smallest absolute Gasteiger partial charge is 0.268 e. The molecular weight excluding hydrogens is 1030 g/mol. The molecule has 11 rings (SSSR count). The number of halogens is 1. The number of H-pyrrole nitrogens is 2. The van der Waals surface area contributed by atoms with E-state index in [4.69, 9.17) is 14.2 Å². The quantitative estimate of drug-likeness (QED) is 0.0484. The third-order valence-electron chi connectivity index (χ3n) is 17.2. The number of pyridine rings is 1. The first-order valence-corrected chi connectivity index (χ1v) is 30.2. The number of amides is 1. The standard InChI is InChI=1S/C62H76FN9O7S/c1-7-78-62-56(32-50-51(63)35-66-60(50)67-62)79-55-31-44(19-21-48(55)61(73)68-80(75,76)57-33-52(69(5)74)59(58-49(57)22-25-64-58)65-34-40-14-12-39(4)13-15-40)71-26-23-43(24-27-71)72-29-28-70(37-53(72)47-11-9-8-10-45(47)38(2)3)36-41-16-20-46(42-17-18-42)54(30-41)77-6/h8-11,16,19-22,25,30-33,35,38-40,42-43,53,64-65,69H,7,12-15,17-18,23-24,26-29,34,36-37H2,1-6H3,(H,66,67)(H,68,73)/t39-,40+,53-/m0/s1. The maximum Gasteiger partial charge on any atom is 0.268 e. The molecule has 18 heteroatoms. The maximum absolute atomic E-state index is 15.1. The van der Waals surface area contributed by atoms with Gasteiger partial charge in [-0.1, -0.05) is 70.0 Å². The van der Waals surface area contributed by atoms with Crippen molar-refractivity contribution in [3.8, 4) is 23.1 Å². The van der Waals surface area contributed by atoms with Crippen LogP contribution in [-0.4, -0.2) is 105 Å². The predicted octanol–water partition coefficient (Wildman–Crippen LogP) is 10.9. The summed E-state index contributed by atoms with van der Waals surface area (Å²) in [6.45, 7) is 14.5. The highest BCUT2D eigenvalue weighted by atomic mass is 32.2. The Labute approximate surface area is 469 Å². The van der Waals surface area contributed by atoms with Crippen molar-refractivity contribution in [2.24, 2.45) is 11.8 Å². The van der Waals surface area contributed by atoms with E-state index >= 15 is 4.39 Å². The number of hydrogen-bond acceptors (Lipinski definition) is 12. The summed E-state index contributed by atoms with van der Waals surface area (Å²) in [4.78, 5) is 32.5. The summed E-state index contributed by atoms with van der Waals surface area (Å²) in [5, 5.41) is 16.9. The molecule has 5 N–H and O–H groups in total. The molecule has 2 saturated heterocycles. The number of quaternary nitrogens is 1. The average Bonchev–Trinajstić information content (AvgIpc) is 4.25. The number of piperidine rings is 1. The maximum atomic E-state index is 15.1. The summed E-state index contributed by atoms with van der Waals surface area (Å²) < 4.78 is 65.0. The number of aromatic amines is 2. The van der Waals surface area contributed by atoms with Crippen molar-refractivity contribution in [1.82, 2.24) is 29.5 Å². The number of benzene rings is 4. The van der Waals surface area contributed by atoms with Crippen LogP contribution in [0.15, 0.2) is 96.2 Å². The molecule has 4 aromatic carbocycles. The average molecular weight is 1110 g/mol. The van der Waals surface area contributed by atoms with E-state index in [9.17, 15) is 18.4 Å². The van der Waals surface area contributed by atoms with Crippen LogP contribution in [0.4, 0.5) is 21.5 Å². The first-order chi connectivity index (χ1) is 38.7. The first kappa shape index (κ1) is 55.2. The molecule has 4 aliphatic rings. The first-order valence-electron chi connectivity index (χ1n) is 28.7. The Bertz CT molecular complexity index is 3470. The molecule has 1 amide bonds. The molecule has 7 aromatic rings. The fourth-order valence-corrected chi connectivity index (χ4v) is 13.8. The van der Waals surface area contributed by atoms with Crippen LogP contribution < -0.4 is 34.2 Å². The predicted molar refractivity (Wildman–Crippen MR) is 312 cm³/mol. The Morgan fingerprint density at radius 2 is 1.68 bits per heavy atom. The third kappa shape index (κ3) is 11.6. The molecule has 2 saturated carbocycles. The highest BCUT2D eigenvalue weighted by Crippen LogP contribution is 2.45. The number of nitrogens with zero attached hydrogens (tertiary/aromatic N) is 4. The van der Waals surface area contributed by atoms with Crippen molar-refractivity contribution in [3.63, 3.8) is 0 Å². The zero-order valence-corrected chi connectivity index (χ0v) is 47.7. The van der Waals surface area contributed by atoms with Crippen LogP contribution in [0.3, 0.4) is 0 Å². The lowest BCUT2D eigenvalue weighted by Crippen LogP contribution is -2.98. The summed E-state index contributed by atoms with van der Waals surface area (Å²) >= 11 is 0. The van der Waals surface area contributed by atoms with Gasteiger partial charge in [0.05, 0.1) is 37.2 Å². The zero-order chi connectivity index (χ0) is 55.8. The van der Waals surface area contributed by atoms with Gasteiger partial charge in [0.1, 0.15) is 33.5 Å². The lowest BCUT2D eigenvalue weighted by atomic mass is 9.83. The fourth-order valence-electron chi connectivity index (χ4n) is 12.6. The van der Waals surface area contributed by atoms with Crippen molar-refractivity contribution < 1.29 is 36.9 Å². The van der Waals surface area contributed by atoms with Crippen LogP contribution in [0.25, 0.3) is 21.9 Å². The van der Waals surface area contributed by atoms with Gasteiger partial charge in [-0.25, -0.2) is 17.5 Å². The van der Waals surface area contributed by atoms with Gasteiger partial charge in [0.25, 0.3) is 21.8 Å². The SMILES string of the molecule is CCOc1nc2[nH]cc(F)c2cc1Oc1cc(N2CCC(N3CCN(Cc4ccc(C5CC5)c(OC)c4)C[C@H]3c3ccccc3C(C)C)CC2)ccc1C(=O)NS(=O)(=O)c1cc([NH+](C)[O-])c(NC[C@H]2CC[C@@H](C)CC2)c2[nH]ccc12. The van der Waals surface area contributed by atoms with E-state index in [0.29, 0.717) is 65.9 Å². The molecule has 2 atom stereocenters. The molecule has 1 unspecified atom stereocenters. The number of aromatic nitrogens is 3. The Hall–Kier alpha value is -6.70. The third-order valence-corrected chi connectivity index (χ3v) is 18.5. The number of anilines is 2. The Balaban J connectivity index is 0.863. The summed E-state index contributed by atoms with van der Waals surface area (Å²) in [6, 6.07) is 25.7. The van der Waals surface area contributed by atoms with E-state index < -0.39 is 21.7 Å². The van der Waals surface area contributed by atoms with Crippen LogP contribution in [0.2, 0.25) is 0 Å². The van der Waals surface area contributed by atoms with Gasteiger partial charge in [0.2, 0.25) is 0 Å². The largest absolute Gasteiger partial charge is 0.629 e. The second-order valence-corrected chi connectivity index (χ2v) is 24.6. The Kier molecular flexibility index (Phi) is 16.2. The number of hydrogen-bond donors (Lipinski definition) is 5. The number of carbonyl (C=O) groups is 1. The van der Waals surface area contributed by atoms with Gasteiger partial charge in [-0.3, -0.25) is 14.6 Å². The van der Waals surface area contributed by atoms with Crippen LogP contribution in [-0.2, 0) is 16.6 Å². The highest BCUT2D eigenvalue weighted by Gasteiger charge is 2.37. The lowest BCUT2D eigenvalue weighted by molar-refractivity contribution is -0.750. The Morgan fingerprint density at radius 3 is 2.41 bits per heavy atom. The van der Waals surface area contributed by atoms with Crippen molar-refractivity contribution in [3.05, 3.63) is 130 Å². The molecule has 80 heavy (non-hydrogen) atoms. The van der Waals surface area contributed by atoms with Crippen molar-refractivity contribution in [2.45, 2.75) is 114 Å². The van der Waals surface area contributed by atoms with E-state index in [2.05, 4.69) is 103 Å². The minimum absolute atomic E-state index is 0.0181. The van der Waals surface area contributed by atoms with Gasteiger partial charge in [0, 0.05) is 99.6 Å². The summed E-state index contributed by atoms with van der Waals surface area (Å²) in [5.74, 6) is 1.68. The number of sulfonamides is 1. The molecule has 16 nitrogen and oxygen atoms in total. The van der Waals surface area contributed by atoms with Gasteiger partial charge in [0.15, 0.2) is 11.4 Å². The lowest BCUT2D eigenvalue weighted by Gasteiger charge is -2.48. The van der Waals surface area contributed by atoms with Crippen LogP contribution in [0.1, 0.15) is 130 Å². The number of ether oxygens (including phenoxy) is 3. The molecule has 424 valence electrons. The molecular formula is C62H76FN9O7S. The number of hydroxylamine groups is 1. The molecule has 5 heterocycles. The molecule has 2 aliphatic heterocycles. The number of methoxy groups -OCH3 is 1.